The number of carbonyl (C=O) groups excluding carboxylic acids is 1. The summed E-state index contributed by atoms with van der Waals surface area (Å²) in [5, 5.41) is 3.18. The van der Waals surface area contributed by atoms with Gasteiger partial charge in [0.2, 0.25) is 0 Å². The number of hydrogen-bond donors (Lipinski definition) is 1. The normalized spacial score (nSPS) is 20.5. The van der Waals surface area contributed by atoms with Crippen LogP contribution in [0.3, 0.4) is 0 Å². The second kappa shape index (κ2) is 5.56. The van der Waals surface area contributed by atoms with E-state index in [1.807, 2.05) is 30.3 Å². The number of amides is 1. The van der Waals surface area contributed by atoms with Gasteiger partial charge in [-0.15, -0.1) is 0 Å². The fourth-order valence-electron chi connectivity index (χ4n) is 2.84. The van der Waals surface area contributed by atoms with E-state index < -0.39 is 0 Å². The molecule has 2 nitrogen and oxygen atoms in total. The number of benzene rings is 2. The highest BCUT2D eigenvalue weighted by Crippen LogP contribution is 2.35. The van der Waals surface area contributed by atoms with Gasteiger partial charge in [0, 0.05) is 9.13 Å². The zero-order chi connectivity index (χ0) is 14.1. The van der Waals surface area contributed by atoms with Crippen molar-refractivity contribution >= 4 is 28.5 Å². The summed E-state index contributed by atoms with van der Waals surface area (Å²) in [7, 11) is 0. The van der Waals surface area contributed by atoms with Crippen molar-refractivity contribution < 1.29 is 4.79 Å². The van der Waals surface area contributed by atoms with Crippen LogP contribution in [0.2, 0.25) is 0 Å². The highest BCUT2D eigenvalue weighted by atomic mass is 127. The molecule has 102 valence electrons. The van der Waals surface area contributed by atoms with Crippen molar-refractivity contribution in [3.8, 4) is 0 Å². The predicted octanol–water partition coefficient (Wildman–Crippen LogP) is 3.95. The van der Waals surface area contributed by atoms with Gasteiger partial charge in [-0.05, 0) is 70.3 Å². The van der Waals surface area contributed by atoms with E-state index in [9.17, 15) is 4.79 Å². The lowest BCUT2D eigenvalue weighted by molar-refractivity contribution is 0.0927. The van der Waals surface area contributed by atoms with E-state index in [1.54, 1.807) is 0 Å². The monoisotopic (exact) mass is 377 g/mol. The van der Waals surface area contributed by atoms with E-state index in [4.69, 9.17) is 0 Å². The maximum Gasteiger partial charge on any atom is 0.251 e. The molecule has 1 aliphatic carbocycles. The van der Waals surface area contributed by atoms with Gasteiger partial charge in [0.1, 0.15) is 0 Å². The molecule has 0 aliphatic heterocycles. The quantitative estimate of drug-likeness (QED) is 0.789. The average molecular weight is 377 g/mol. The van der Waals surface area contributed by atoms with Crippen molar-refractivity contribution in [1.82, 2.24) is 5.32 Å². The molecule has 0 saturated carbocycles. The van der Waals surface area contributed by atoms with Crippen LogP contribution >= 0.6 is 22.6 Å². The summed E-state index contributed by atoms with van der Waals surface area (Å²) in [6.07, 6.45) is 1.04. The molecule has 2 atom stereocenters. The fraction of sp³-hybridized carbons (Fsp3) is 0.235. The molecule has 20 heavy (non-hydrogen) atoms. The molecule has 2 unspecified atom stereocenters. The zero-order valence-corrected chi connectivity index (χ0v) is 13.4. The molecule has 1 aliphatic rings. The van der Waals surface area contributed by atoms with Crippen molar-refractivity contribution in [2.24, 2.45) is 5.92 Å². The van der Waals surface area contributed by atoms with Gasteiger partial charge in [0.15, 0.2) is 0 Å². The standard InChI is InChI=1S/C17H16INO/c1-11-10-13-4-2-3-5-15(13)16(11)19-17(20)12-6-8-14(18)9-7-12/h2-9,11,16H,10H2,1H3,(H,19,20). The molecule has 0 heterocycles. The summed E-state index contributed by atoms with van der Waals surface area (Å²) in [5.41, 5.74) is 3.34. The third-order valence-electron chi connectivity index (χ3n) is 3.89. The number of nitrogens with one attached hydrogen (secondary N) is 1. The first-order chi connectivity index (χ1) is 9.65. The number of carbonyl (C=O) groups is 1. The van der Waals surface area contributed by atoms with Crippen LogP contribution < -0.4 is 5.32 Å². The van der Waals surface area contributed by atoms with Gasteiger partial charge in [-0.25, -0.2) is 0 Å². The molecule has 3 rings (SSSR count). The summed E-state index contributed by atoms with van der Waals surface area (Å²) >= 11 is 2.24. The van der Waals surface area contributed by atoms with Gasteiger partial charge in [0.25, 0.3) is 5.91 Å². The molecule has 0 radical (unpaired) electrons. The Bertz CT molecular complexity index is 636. The van der Waals surface area contributed by atoms with E-state index in [0.29, 0.717) is 5.92 Å². The Labute approximate surface area is 132 Å². The van der Waals surface area contributed by atoms with E-state index >= 15 is 0 Å². The van der Waals surface area contributed by atoms with Crippen molar-refractivity contribution in [3.05, 3.63) is 68.8 Å². The van der Waals surface area contributed by atoms with Crippen LogP contribution in [-0.2, 0) is 6.42 Å². The van der Waals surface area contributed by atoms with E-state index in [-0.39, 0.29) is 11.9 Å². The Balaban J connectivity index is 1.81. The lowest BCUT2D eigenvalue weighted by Gasteiger charge is -2.18. The second-order valence-electron chi connectivity index (χ2n) is 5.34. The van der Waals surface area contributed by atoms with Crippen molar-refractivity contribution in [2.45, 2.75) is 19.4 Å². The third kappa shape index (κ3) is 2.59. The van der Waals surface area contributed by atoms with Crippen LogP contribution in [0.1, 0.15) is 34.5 Å². The van der Waals surface area contributed by atoms with E-state index in [1.165, 1.54) is 11.1 Å². The lowest BCUT2D eigenvalue weighted by Crippen LogP contribution is -2.30. The number of halogens is 1. The molecule has 0 bridgehead atoms. The highest BCUT2D eigenvalue weighted by molar-refractivity contribution is 14.1. The van der Waals surface area contributed by atoms with Crippen LogP contribution in [0, 0.1) is 9.49 Å². The lowest BCUT2D eigenvalue weighted by atomic mass is 10.0. The highest BCUT2D eigenvalue weighted by Gasteiger charge is 2.30. The Morgan fingerprint density at radius 2 is 1.85 bits per heavy atom. The topological polar surface area (TPSA) is 29.1 Å². The van der Waals surface area contributed by atoms with Crippen molar-refractivity contribution in [3.63, 3.8) is 0 Å². The van der Waals surface area contributed by atoms with Crippen molar-refractivity contribution in [1.29, 1.82) is 0 Å². The summed E-state index contributed by atoms with van der Waals surface area (Å²) in [6, 6.07) is 16.2. The molecule has 1 amide bonds. The summed E-state index contributed by atoms with van der Waals surface area (Å²) in [4.78, 5) is 12.4. The number of hydrogen-bond acceptors (Lipinski definition) is 1. The molecular formula is C17H16INO. The molecule has 1 N–H and O–H groups in total. The molecule has 0 saturated heterocycles. The van der Waals surface area contributed by atoms with Gasteiger partial charge in [-0.2, -0.15) is 0 Å². The predicted molar refractivity (Wildman–Crippen MR) is 88.7 cm³/mol. The van der Waals surface area contributed by atoms with Gasteiger partial charge < -0.3 is 5.32 Å². The maximum atomic E-state index is 12.4. The third-order valence-corrected chi connectivity index (χ3v) is 4.61. The first-order valence-corrected chi connectivity index (χ1v) is 7.87. The van der Waals surface area contributed by atoms with Crippen LogP contribution in [0.15, 0.2) is 48.5 Å². The van der Waals surface area contributed by atoms with E-state index in [2.05, 4.69) is 53.0 Å². The summed E-state index contributed by atoms with van der Waals surface area (Å²) in [5.74, 6) is 0.454. The fourth-order valence-corrected chi connectivity index (χ4v) is 3.20. The minimum atomic E-state index is 0.00922. The Morgan fingerprint density at radius 1 is 1.15 bits per heavy atom. The Morgan fingerprint density at radius 3 is 2.60 bits per heavy atom. The Hall–Kier alpha value is -1.36. The molecular weight excluding hydrogens is 361 g/mol. The minimum Gasteiger partial charge on any atom is -0.345 e. The van der Waals surface area contributed by atoms with Crippen LogP contribution in [0.4, 0.5) is 0 Å². The second-order valence-corrected chi connectivity index (χ2v) is 6.58. The van der Waals surface area contributed by atoms with Gasteiger partial charge in [0.05, 0.1) is 6.04 Å². The van der Waals surface area contributed by atoms with Crippen LogP contribution in [0.5, 0.6) is 0 Å². The molecule has 3 heteroatoms. The maximum absolute atomic E-state index is 12.4. The zero-order valence-electron chi connectivity index (χ0n) is 11.3. The first-order valence-electron chi connectivity index (χ1n) is 6.79. The summed E-state index contributed by atoms with van der Waals surface area (Å²) < 4.78 is 1.14. The first kappa shape index (κ1) is 13.6. The SMILES string of the molecule is CC1Cc2ccccc2C1NC(=O)c1ccc(I)cc1. The largest absolute Gasteiger partial charge is 0.345 e. The Kier molecular flexibility index (Phi) is 3.78. The smallest absolute Gasteiger partial charge is 0.251 e. The molecule has 2 aromatic carbocycles. The van der Waals surface area contributed by atoms with Gasteiger partial charge in [-0.1, -0.05) is 31.2 Å². The number of rotatable bonds is 2. The average Bonchev–Trinajstić information content (AvgIpc) is 2.76. The molecule has 2 aromatic rings. The van der Waals surface area contributed by atoms with E-state index in [0.717, 1.165) is 15.6 Å². The van der Waals surface area contributed by atoms with Crippen LogP contribution in [-0.4, -0.2) is 5.91 Å². The van der Waals surface area contributed by atoms with Crippen LogP contribution in [0.25, 0.3) is 0 Å². The van der Waals surface area contributed by atoms with Crippen molar-refractivity contribution in [2.75, 3.05) is 0 Å². The molecule has 0 fully saturated rings. The minimum absolute atomic E-state index is 0.00922. The number of fused-ring (bicyclic) bond motifs is 1. The van der Waals surface area contributed by atoms with Gasteiger partial charge in [-0.3, -0.25) is 4.79 Å². The van der Waals surface area contributed by atoms with Gasteiger partial charge >= 0.3 is 0 Å². The molecule has 0 aromatic heterocycles. The molecule has 0 spiro atoms. The summed E-state index contributed by atoms with van der Waals surface area (Å²) in [6.45, 7) is 2.19.